The molecule has 0 saturated heterocycles. The number of carbonyl (C=O) groups is 1. The Labute approximate surface area is 220 Å². The first-order valence-electron chi connectivity index (χ1n) is 14.2. The lowest BCUT2D eigenvalue weighted by atomic mass is 10.0. The molecule has 0 aliphatic heterocycles. The Bertz CT molecular complexity index is 832. The van der Waals surface area contributed by atoms with Crippen molar-refractivity contribution in [1.82, 2.24) is 0 Å². The van der Waals surface area contributed by atoms with E-state index >= 15 is 0 Å². The van der Waals surface area contributed by atoms with Crippen molar-refractivity contribution in [3.8, 4) is 5.75 Å². The summed E-state index contributed by atoms with van der Waals surface area (Å²) in [5.41, 5.74) is 2.54. The van der Waals surface area contributed by atoms with Gasteiger partial charge in [-0.05, 0) is 30.5 Å². The summed E-state index contributed by atoms with van der Waals surface area (Å²) in [4.78, 5) is 12.5. The second-order valence-corrected chi connectivity index (χ2v) is 10.8. The third kappa shape index (κ3) is 13.7. The van der Waals surface area contributed by atoms with Crippen molar-refractivity contribution in [2.75, 3.05) is 20.6 Å². The van der Waals surface area contributed by atoms with Crippen LogP contribution in [0.4, 0.5) is 0 Å². The van der Waals surface area contributed by atoms with Crippen molar-refractivity contribution >= 4 is 5.97 Å². The van der Waals surface area contributed by atoms with Gasteiger partial charge in [0.1, 0.15) is 12.3 Å². The summed E-state index contributed by atoms with van der Waals surface area (Å²) in [5, 5.41) is 0. The van der Waals surface area contributed by atoms with E-state index < -0.39 is 6.29 Å². The van der Waals surface area contributed by atoms with Gasteiger partial charge in [0.05, 0.1) is 14.1 Å². The second-order valence-electron chi connectivity index (χ2n) is 10.8. The van der Waals surface area contributed by atoms with Gasteiger partial charge in [-0.15, -0.1) is 0 Å². The fraction of sp³-hybridized carbons (Fsp3) is 0.594. The van der Waals surface area contributed by atoms with Crippen molar-refractivity contribution in [3.63, 3.8) is 0 Å². The first kappa shape index (κ1) is 29.9. The first-order valence-corrected chi connectivity index (χ1v) is 14.2. The van der Waals surface area contributed by atoms with Crippen molar-refractivity contribution < 1.29 is 18.8 Å². The van der Waals surface area contributed by atoms with Crippen LogP contribution in [0.3, 0.4) is 0 Å². The van der Waals surface area contributed by atoms with Crippen LogP contribution in [0.15, 0.2) is 54.6 Å². The van der Waals surface area contributed by atoms with Crippen molar-refractivity contribution in [1.29, 1.82) is 0 Å². The summed E-state index contributed by atoms with van der Waals surface area (Å²) >= 11 is 0. The van der Waals surface area contributed by atoms with Gasteiger partial charge in [0.15, 0.2) is 6.54 Å². The molecule has 4 nitrogen and oxygen atoms in total. The minimum absolute atomic E-state index is 0.253. The number of ether oxygens (including phenoxy) is 2. The number of rotatable bonds is 19. The number of unbranched alkanes of at least 4 members (excludes halogenated alkanes) is 10. The van der Waals surface area contributed by atoms with Gasteiger partial charge in [-0.3, -0.25) is 0 Å². The second kappa shape index (κ2) is 17.2. The number of likely N-dealkylation sites (N-methyl/N-ethyl adjacent to an activating group) is 1. The molecular weight excluding hydrogens is 446 g/mol. The first-order chi connectivity index (χ1) is 17.4. The van der Waals surface area contributed by atoms with Crippen molar-refractivity contribution in [3.05, 3.63) is 65.7 Å². The predicted octanol–water partition coefficient (Wildman–Crippen LogP) is 8.08. The fourth-order valence-corrected chi connectivity index (χ4v) is 4.65. The van der Waals surface area contributed by atoms with E-state index in [4.69, 9.17) is 9.47 Å². The number of hydrogen-bond donors (Lipinski definition) is 0. The molecule has 200 valence electrons. The lowest BCUT2D eigenvalue weighted by Crippen LogP contribution is -2.44. The van der Waals surface area contributed by atoms with E-state index in [2.05, 4.69) is 31.2 Å². The van der Waals surface area contributed by atoms with E-state index in [1.165, 1.54) is 81.8 Å². The normalized spacial score (nSPS) is 12.3. The molecule has 2 rings (SSSR count). The number of esters is 1. The maximum atomic E-state index is 12.5. The molecule has 0 bridgehead atoms. The molecular formula is C32H50NO3+. The molecule has 0 amide bonds. The summed E-state index contributed by atoms with van der Waals surface area (Å²) in [5.74, 6) is 0.479. The van der Waals surface area contributed by atoms with Crippen LogP contribution in [0.25, 0.3) is 0 Å². The molecule has 0 aromatic heterocycles. The van der Waals surface area contributed by atoms with Gasteiger partial charge in [-0.2, -0.15) is 0 Å². The summed E-state index contributed by atoms with van der Waals surface area (Å²) in [6, 6.07) is 18.4. The topological polar surface area (TPSA) is 35.5 Å². The zero-order valence-electron chi connectivity index (χ0n) is 23.3. The fourth-order valence-electron chi connectivity index (χ4n) is 4.65. The molecule has 0 heterocycles. The highest BCUT2D eigenvalue weighted by molar-refractivity contribution is 5.70. The molecule has 2 aromatic rings. The van der Waals surface area contributed by atoms with Crippen molar-refractivity contribution in [2.24, 2.45) is 0 Å². The minimum atomic E-state index is -0.619. The molecule has 1 atom stereocenters. The molecule has 0 aliphatic carbocycles. The Hall–Kier alpha value is -2.33. The van der Waals surface area contributed by atoms with E-state index in [-0.39, 0.29) is 5.97 Å². The Balaban J connectivity index is 1.58. The van der Waals surface area contributed by atoms with E-state index in [1.54, 1.807) is 6.92 Å². The number of quaternary nitrogens is 1. The quantitative estimate of drug-likeness (QED) is 0.0853. The monoisotopic (exact) mass is 496 g/mol. The standard InChI is InChI=1S/C32H50NO3/c1-5-6-7-8-9-10-11-12-13-14-16-19-29-22-24-31(25-23-29)35-28(2)36-32(34)27-33(3,4)26-30-20-17-15-18-21-30/h15,17-18,20-25,28H,5-14,16,19,26-27H2,1-4H3/q+1. The Morgan fingerprint density at radius 2 is 1.31 bits per heavy atom. The molecule has 0 N–H and O–H groups in total. The van der Waals surface area contributed by atoms with Crippen LogP contribution in [0, 0.1) is 0 Å². The van der Waals surface area contributed by atoms with Crippen LogP contribution in [0.1, 0.15) is 95.6 Å². The molecule has 0 radical (unpaired) electrons. The summed E-state index contributed by atoms with van der Waals surface area (Å²) in [6.45, 7) is 5.11. The highest BCUT2D eigenvalue weighted by Crippen LogP contribution is 2.18. The van der Waals surface area contributed by atoms with Crippen LogP contribution in [0.5, 0.6) is 5.75 Å². The van der Waals surface area contributed by atoms with Gasteiger partial charge in [-0.25, -0.2) is 4.79 Å². The van der Waals surface area contributed by atoms with Gasteiger partial charge < -0.3 is 14.0 Å². The highest BCUT2D eigenvalue weighted by Gasteiger charge is 2.23. The van der Waals surface area contributed by atoms with Gasteiger partial charge in [-0.1, -0.05) is 114 Å². The van der Waals surface area contributed by atoms with Gasteiger partial charge in [0.2, 0.25) is 6.29 Å². The number of nitrogens with zero attached hydrogens (tertiary/aromatic N) is 1. The average Bonchev–Trinajstić information content (AvgIpc) is 2.83. The number of aryl methyl sites for hydroxylation is 1. The summed E-state index contributed by atoms with van der Waals surface area (Å²) < 4.78 is 11.9. The van der Waals surface area contributed by atoms with E-state index in [9.17, 15) is 4.79 Å². The Morgan fingerprint density at radius 3 is 1.89 bits per heavy atom. The smallest absolute Gasteiger partial charge is 0.364 e. The molecule has 36 heavy (non-hydrogen) atoms. The number of carbonyl (C=O) groups excluding carboxylic acids is 1. The van der Waals surface area contributed by atoms with Gasteiger partial charge in [0, 0.05) is 12.5 Å². The van der Waals surface area contributed by atoms with E-state index in [0.717, 1.165) is 18.7 Å². The Morgan fingerprint density at radius 1 is 0.750 bits per heavy atom. The van der Waals surface area contributed by atoms with Crippen LogP contribution < -0.4 is 4.74 Å². The largest absolute Gasteiger partial charge is 0.455 e. The summed E-state index contributed by atoms with van der Waals surface area (Å²) in [6.07, 6.45) is 15.5. The minimum Gasteiger partial charge on any atom is -0.455 e. The van der Waals surface area contributed by atoms with Crippen LogP contribution in [-0.2, 0) is 22.5 Å². The SMILES string of the molecule is CCCCCCCCCCCCCc1ccc(OC(C)OC(=O)C[N+](C)(C)Cc2ccccc2)cc1. The molecule has 2 aromatic carbocycles. The predicted molar refractivity (Wildman–Crippen MR) is 150 cm³/mol. The zero-order chi connectivity index (χ0) is 26.1. The van der Waals surface area contributed by atoms with Gasteiger partial charge in [0.25, 0.3) is 0 Å². The molecule has 0 spiro atoms. The Kier molecular flexibility index (Phi) is 14.3. The highest BCUT2D eigenvalue weighted by atomic mass is 16.7. The molecule has 0 aliphatic rings. The van der Waals surface area contributed by atoms with E-state index in [1.807, 2.05) is 44.4 Å². The third-order valence-corrected chi connectivity index (χ3v) is 6.60. The molecule has 0 fully saturated rings. The maximum absolute atomic E-state index is 12.5. The molecule has 1 unspecified atom stereocenters. The zero-order valence-corrected chi connectivity index (χ0v) is 23.3. The van der Waals surface area contributed by atoms with Crippen molar-refractivity contribution in [2.45, 2.75) is 104 Å². The lowest BCUT2D eigenvalue weighted by Gasteiger charge is -2.29. The average molecular weight is 497 g/mol. The number of benzene rings is 2. The van der Waals surface area contributed by atoms with Crippen LogP contribution in [-0.4, -0.2) is 37.4 Å². The lowest BCUT2D eigenvalue weighted by molar-refractivity contribution is -0.896. The van der Waals surface area contributed by atoms with Crippen LogP contribution >= 0.6 is 0 Å². The van der Waals surface area contributed by atoms with Gasteiger partial charge >= 0.3 is 5.97 Å². The molecule has 0 saturated carbocycles. The number of hydrogen-bond acceptors (Lipinski definition) is 3. The summed E-state index contributed by atoms with van der Waals surface area (Å²) in [7, 11) is 4.07. The molecule has 4 heteroatoms. The maximum Gasteiger partial charge on any atom is 0.364 e. The van der Waals surface area contributed by atoms with E-state index in [0.29, 0.717) is 11.0 Å². The third-order valence-electron chi connectivity index (χ3n) is 6.60. The van der Waals surface area contributed by atoms with Crippen LogP contribution in [0.2, 0.25) is 0 Å².